The second-order valence-electron chi connectivity index (χ2n) is 7.30. The summed E-state index contributed by atoms with van der Waals surface area (Å²) in [5.74, 6) is 1.49. The Balaban J connectivity index is 1.24. The fraction of sp³-hybridized carbons (Fsp3) is 0.409. The first-order valence-electron chi connectivity index (χ1n) is 9.82. The molecule has 0 spiro atoms. The van der Waals surface area contributed by atoms with E-state index in [0.717, 1.165) is 54.8 Å². The van der Waals surface area contributed by atoms with Gasteiger partial charge in [-0.15, -0.1) is 0 Å². The molecule has 2 aromatic rings. The molecular weight excluding hydrogens is 373 g/mol. The lowest BCUT2D eigenvalue weighted by molar-refractivity contribution is 0.144. The molecule has 2 aromatic carbocycles. The van der Waals surface area contributed by atoms with Crippen molar-refractivity contribution in [1.82, 2.24) is 9.80 Å². The summed E-state index contributed by atoms with van der Waals surface area (Å²) in [6.07, 6.45) is 2.27. The first-order valence-corrected chi connectivity index (χ1v) is 10.8. The average molecular weight is 400 g/mol. The molecule has 1 saturated heterocycles. The van der Waals surface area contributed by atoms with Gasteiger partial charge >= 0.3 is 0 Å². The minimum Gasteiger partial charge on any atom is -0.492 e. The lowest BCUT2D eigenvalue weighted by atomic mass is 10.0. The Hall–Kier alpha value is -2.05. The Morgan fingerprint density at radius 1 is 1.14 bits per heavy atom. The molecular formula is C22H26FN3OS. The first kappa shape index (κ1) is 19.3. The Morgan fingerprint density at radius 2 is 1.89 bits per heavy atom. The van der Waals surface area contributed by atoms with Gasteiger partial charge in [-0.05, 0) is 48.7 Å². The highest BCUT2D eigenvalue weighted by Gasteiger charge is 2.26. The van der Waals surface area contributed by atoms with Gasteiger partial charge in [-0.1, -0.05) is 30.0 Å². The predicted octanol–water partition coefficient (Wildman–Crippen LogP) is 4.54. The van der Waals surface area contributed by atoms with Crippen LogP contribution < -0.4 is 4.74 Å². The van der Waals surface area contributed by atoms with Crippen LogP contribution in [0.25, 0.3) is 0 Å². The van der Waals surface area contributed by atoms with E-state index in [9.17, 15) is 4.39 Å². The highest BCUT2D eigenvalue weighted by atomic mass is 32.2. The zero-order valence-electron chi connectivity index (χ0n) is 16.2. The Kier molecular flexibility index (Phi) is 6.17. The monoisotopic (exact) mass is 399 g/mol. The number of nitrogens with zero attached hydrogens (tertiary/aromatic N) is 3. The zero-order chi connectivity index (χ0) is 19.3. The molecule has 0 N–H and O–H groups in total. The van der Waals surface area contributed by atoms with Crippen molar-refractivity contribution in [3.8, 4) is 5.75 Å². The summed E-state index contributed by atoms with van der Waals surface area (Å²) in [4.78, 5) is 9.69. The van der Waals surface area contributed by atoms with Crippen LogP contribution in [0.5, 0.6) is 5.75 Å². The van der Waals surface area contributed by atoms with Gasteiger partial charge in [-0.3, -0.25) is 4.90 Å². The van der Waals surface area contributed by atoms with E-state index >= 15 is 0 Å². The topological polar surface area (TPSA) is 28.1 Å². The van der Waals surface area contributed by atoms with Crippen LogP contribution in [0.1, 0.15) is 18.4 Å². The third-order valence-electron chi connectivity index (χ3n) is 5.46. The molecule has 0 radical (unpaired) electrons. The van der Waals surface area contributed by atoms with E-state index < -0.39 is 0 Å². The average Bonchev–Trinajstić information content (AvgIpc) is 2.75. The van der Waals surface area contributed by atoms with Gasteiger partial charge < -0.3 is 9.64 Å². The van der Waals surface area contributed by atoms with Crippen molar-refractivity contribution in [2.24, 2.45) is 4.99 Å². The molecule has 2 aliphatic rings. The number of amidine groups is 1. The summed E-state index contributed by atoms with van der Waals surface area (Å²) in [5, 5.41) is 1.14. The van der Waals surface area contributed by atoms with Crippen molar-refractivity contribution in [3.63, 3.8) is 0 Å². The molecule has 148 valence electrons. The summed E-state index contributed by atoms with van der Waals surface area (Å²) in [5.41, 5.74) is 2.43. The largest absolute Gasteiger partial charge is 0.492 e. The Labute approximate surface area is 170 Å². The zero-order valence-corrected chi connectivity index (χ0v) is 17.0. The normalized spacial score (nSPS) is 17.7. The van der Waals surface area contributed by atoms with Crippen molar-refractivity contribution in [3.05, 3.63) is 59.9 Å². The van der Waals surface area contributed by atoms with Gasteiger partial charge in [0.2, 0.25) is 0 Å². The maximum Gasteiger partial charge on any atom is 0.164 e. The highest BCUT2D eigenvalue weighted by Crippen LogP contribution is 2.32. The van der Waals surface area contributed by atoms with E-state index in [1.807, 2.05) is 11.8 Å². The number of rotatable bonds is 5. The van der Waals surface area contributed by atoms with Crippen molar-refractivity contribution >= 4 is 22.6 Å². The van der Waals surface area contributed by atoms with Gasteiger partial charge in [0.25, 0.3) is 0 Å². The number of para-hydroxylation sites is 1. The van der Waals surface area contributed by atoms with Gasteiger partial charge in [-0.25, -0.2) is 9.38 Å². The number of hydrogen-bond donors (Lipinski definition) is 0. The molecule has 2 aliphatic heterocycles. The minimum absolute atomic E-state index is 0.234. The Bertz CT molecular complexity index is 819. The fourth-order valence-electron chi connectivity index (χ4n) is 3.71. The van der Waals surface area contributed by atoms with Crippen LogP contribution in [-0.2, 0) is 5.75 Å². The van der Waals surface area contributed by atoms with E-state index in [2.05, 4.69) is 41.1 Å². The molecule has 0 amide bonds. The standard InChI is InChI=1S/C22H26FN3OS/c1-25(22-24-21-5-3-2-4-17(21)16-28-22)19-10-12-26(13-11-19)14-15-27-20-8-6-18(23)7-9-20/h2-9,19H,10-16H2,1H3. The molecule has 28 heavy (non-hydrogen) atoms. The summed E-state index contributed by atoms with van der Waals surface area (Å²) in [6.45, 7) is 3.66. The summed E-state index contributed by atoms with van der Waals surface area (Å²) in [6, 6.07) is 15.2. The van der Waals surface area contributed by atoms with Crippen molar-refractivity contribution < 1.29 is 9.13 Å². The predicted molar refractivity (Wildman–Crippen MR) is 114 cm³/mol. The van der Waals surface area contributed by atoms with E-state index in [4.69, 9.17) is 9.73 Å². The second kappa shape index (κ2) is 8.97. The number of ether oxygens (including phenoxy) is 1. The molecule has 4 rings (SSSR count). The third kappa shape index (κ3) is 4.67. The van der Waals surface area contributed by atoms with E-state index in [-0.39, 0.29) is 5.82 Å². The molecule has 0 aliphatic carbocycles. The van der Waals surface area contributed by atoms with Crippen LogP contribution in [0.15, 0.2) is 53.5 Å². The van der Waals surface area contributed by atoms with Gasteiger partial charge in [0, 0.05) is 38.5 Å². The Morgan fingerprint density at radius 3 is 2.68 bits per heavy atom. The van der Waals surface area contributed by atoms with E-state index in [1.165, 1.54) is 17.7 Å². The second-order valence-corrected chi connectivity index (χ2v) is 8.24. The quantitative estimate of drug-likeness (QED) is 0.738. The maximum absolute atomic E-state index is 12.9. The summed E-state index contributed by atoms with van der Waals surface area (Å²) >= 11 is 1.84. The third-order valence-corrected chi connectivity index (χ3v) is 6.55. The molecule has 6 heteroatoms. The number of piperidine rings is 1. The van der Waals surface area contributed by atoms with Crippen LogP contribution in [0.2, 0.25) is 0 Å². The first-order chi connectivity index (χ1) is 13.7. The van der Waals surface area contributed by atoms with Gasteiger partial charge in [0.1, 0.15) is 18.2 Å². The molecule has 1 fully saturated rings. The maximum atomic E-state index is 12.9. The lowest BCUT2D eigenvalue weighted by Crippen LogP contribution is -2.46. The number of hydrogen-bond acceptors (Lipinski definition) is 5. The van der Waals surface area contributed by atoms with Crippen LogP contribution in [-0.4, -0.2) is 54.3 Å². The molecule has 2 heterocycles. The van der Waals surface area contributed by atoms with Crippen molar-refractivity contribution in [2.45, 2.75) is 24.6 Å². The van der Waals surface area contributed by atoms with E-state index in [1.54, 1.807) is 12.1 Å². The summed E-state index contributed by atoms with van der Waals surface area (Å²) < 4.78 is 18.7. The van der Waals surface area contributed by atoms with Crippen LogP contribution >= 0.6 is 11.8 Å². The SMILES string of the molecule is CN(C1=Nc2ccccc2CS1)C1CCN(CCOc2ccc(F)cc2)CC1. The molecule has 0 atom stereocenters. The number of fused-ring (bicyclic) bond motifs is 1. The van der Waals surface area contributed by atoms with E-state index in [0.29, 0.717) is 12.6 Å². The molecule has 0 saturated carbocycles. The van der Waals surface area contributed by atoms with Crippen LogP contribution in [0.3, 0.4) is 0 Å². The smallest absolute Gasteiger partial charge is 0.164 e. The van der Waals surface area contributed by atoms with Gasteiger partial charge in [-0.2, -0.15) is 0 Å². The molecule has 0 aromatic heterocycles. The number of benzene rings is 2. The van der Waals surface area contributed by atoms with Gasteiger partial charge in [0.05, 0.1) is 5.69 Å². The number of aliphatic imine (C=N–C) groups is 1. The lowest BCUT2D eigenvalue weighted by Gasteiger charge is -2.38. The summed E-state index contributed by atoms with van der Waals surface area (Å²) in [7, 11) is 2.18. The molecule has 0 bridgehead atoms. The molecule has 4 nitrogen and oxygen atoms in total. The van der Waals surface area contributed by atoms with Crippen LogP contribution in [0.4, 0.5) is 10.1 Å². The highest BCUT2D eigenvalue weighted by molar-refractivity contribution is 8.13. The minimum atomic E-state index is -0.234. The molecule has 0 unspecified atom stereocenters. The van der Waals surface area contributed by atoms with Crippen molar-refractivity contribution in [1.29, 1.82) is 0 Å². The van der Waals surface area contributed by atoms with Crippen molar-refractivity contribution in [2.75, 3.05) is 33.3 Å². The fourth-order valence-corrected chi connectivity index (χ4v) is 4.75. The number of thioether (sulfide) groups is 1. The van der Waals surface area contributed by atoms with Gasteiger partial charge in [0.15, 0.2) is 5.17 Å². The number of halogens is 1. The number of likely N-dealkylation sites (tertiary alicyclic amines) is 1. The van der Waals surface area contributed by atoms with Crippen LogP contribution in [0, 0.1) is 5.82 Å².